The van der Waals surface area contributed by atoms with Gasteiger partial charge in [0.25, 0.3) is 5.91 Å². The summed E-state index contributed by atoms with van der Waals surface area (Å²) in [4.78, 5) is 28.1. The van der Waals surface area contributed by atoms with E-state index in [0.717, 1.165) is 22.3 Å². The lowest BCUT2D eigenvalue weighted by Crippen LogP contribution is -2.30. The third-order valence-electron chi connectivity index (χ3n) is 6.32. The highest BCUT2D eigenvalue weighted by atomic mass is 19.1. The maximum atomic E-state index is 13.8. The lowest BCUT2D eigenvalue weighted by molar-refractivity contribution is -0.120. The molecule has 38 heavy (non-hydrogen) atoms. The van der Waals surface area contributed by atoms with Gasteiger partial charge in [-0.25, -0.2) is 4.39 Å². The van der Waals surface area contributed by atoms with Crippen molar-refractivity contribution in [3.05, 3.63) is 125 Å². The van der Waals surface area contributed by atoms with Crippen molar-refractivity contribution in [3.63, 3.8) is 0 Å². The van der Waals surface area contributed by atoms with Crippen molar-refractivity contribution in [2.45, 2.75) is 26.4 Å². The Kier molecular flexibility index (Phi) is 7.35. The number of ether oxygens (including phenoxy) is 2. The summed E-state index contributed by atoms with van der Waals surface area (Å²) in [6, 6.07) is 26.6. The Labute approximate surface area is 220 Å². The Morgan fingerprint density at radius 3 is 2.37 bits per heavy atom. The largest absolute Gasteiger partial charge is 0.454 e. The highest BCUT2D eigenvalue weighted by molar-refractivity contribution is 6.06. The van der Waals surface area contributed by atoms with Crippen molar-refractivity contribution >= 4 is 17.5 Å². The van der Waals surface area contributed by atoms with E-state index in [2.05, 4.69) is 5.32 Å². The van der Waals surface area contributed by atoms with Gasteiger partial charge in [-0.1, -0.05) is 54.1 Å². The predicted octanol–water partition coefficient (Wildman–Crippen LogP) is 5.57. The topological polar surface area (TPSA) is 67.9 Å². The number of hydrogen-bond acceptors (Lipinski definition) is 4. The second-order valence-corrected chi connectivity index (χ2v) is 9.19. The lowest BCUT2D eigenvalue weighted by atomic mass is 10.1. The zero-order chi connectivity index (χ0) is 26.5. The van der Waals surface area contributed by atoms with Crippen molar-refractivity contribution in [1.82, 2.24) is 5.32 Å². The van der Waals surface area contributed by atoms with Crippen LogP contribution in [-0.2, 0) is 24.3 Å². The van der Waals surface area contributed by atoms with E-state index in [4.69, 9.17) is 9.47 Å². The first-order valence-corrected chi connectivity index (χ1v) is 12.3. The maximum absolute atomic E-state index is 13.8. The Hall–Kier alpha value is -4.65. The molecule has 0 spiro atoms. The van der Waals surface area contributed by atoms with Crippen LogP contribution in [-0.4, -0.2) is 18.6 Å². The number of aryl methyl sites for hydroxylation is 1. The van der Waals surface area contributed by atoms with Crippen molar-refractivity contribution in [2.75, 3.05) is 11.7 Å². The average molecular weight is 511 g/mol. The van der Waals surface area contributed by atoms with Crippen LogP contribution in [0.5, 0.6) is 11.5 Å². The molecule has 6 nitrogen and oxygen atoms in total. The standard InChI is InChI=1S/C31H27FN2O4/c1-21-5-7-23(8-6-21)19-34(31(36)25-11-14-28-29(17-25)38-20-37-28)27-4-2-3-24(15-27)16-30(35)33-18-22-9-12-26(32)13-10-22/h2-15,17H,16,18-20H2,1H3,(H,33,35). The third kappa shape index (κ3) is 6.00. The molecule has 1 aliphatic rings. The molecule has 7 heteroatoms. The number of hydrogen-bond donors (Lipinski definition) is 1. The van der Waals surface area contributed by atoms with Gasteiger partial charge in [-0.15, -0.1) is 0 Å². The first kappa shape index (κ1) is 25.0. The first-order valence-electron chi connectivity index (χ1n) is 12.3. The molecule has 1 aliphatic heterocycles. The first-order chi connectivity index (χ1) is 18.4. The zero-order valence-corrected chi connectivity index (χ0v) is 20.9. The second-order valence-electron chi connectivity index (χ2n) is 9.19. The highest BCUT2D eigenvalue weighted by Gasteiger charge is 2.22. The van der Waals surface area contributed by atoms with Gasteiger partial charge in [-0.2, -0.15) is 0 Å². The summed E-state index contributed by atoms with van der Waals surface area (Å²) in [5, 5.41) is 2.87. The molecular weight excluding hydrogens is 483 g/mol. The Morgan fingerprint density at radius 1 is 0.842 bits per heavy atom. The lowest BCUT2D eigenvalue weighted by Gasteiger charge is -2.24. The molecule has 0 saturated carbocycles. The van der Waals surface area contributed by atoms with Gasteiger partial charge in [0.05, 0.1) is 13.0 Å². The molecule has 1 N–H and O–H groups in total. The summed E-state index contributed by atoms with van der Waals surface area (Å²) in [7, 11) is 0. The number of benzene rings is 4. The molecule has 0 fully saturated rings. The van der Waals surface area contributed by atoms with Crippen LogP contribution in [0.25, 0.3) is 0 Å². The molecule has 4 aromatic rings. The number of nitrogens with zero attached hydrogens (tertiary/aromatic N) is 1. The molecule has 1 heterocycles. The number of halogens is 1. The van der Waals surface area contributed by atoms with E-state index in [1.54, 1.807) is 35.2 Å². The van der Waals surface area contributed by atoms with Gasteiger partial charge in [0.2, 0.25) is 12.7 Å². The van der Waals surface area contributed by atoms with E-state index in [1.807, 2.05) is 55.5 Å². The molecule has 0 unspecified atom stereocenters. The average Bonchev–Trinajstić information content (AvgIpc) is 3.40. The third-order valence-corrected chi connectivity index (χ3v) is 6.32. The molecule has 0 bridgehead atoms. The van der Waals surface area contributed by atoms with Crippen LogP contribution in [0, 0.1) is 12.7 Å². The highest BCUT2D eigenvalue weighted by Crippen LogP contribution is 2.33. The van der Waals surface area contributed by atoms with E-state index >= 15 is 0 Å². The molecule has 0 atom stereocenters. The fourth-order valence-corrected chi connectivity index (χ4v) is 4.23. The number of anilines is 1. The quantitative estimate of drug-likeness (QED) is 0.337. The maximum Gasteiger partial charge on any atom is 0.258 e. The number of amides is 2. The monoisotopic (exact) mass is 510 g/mol. The van der Waals surface area contributed by atoms with E-state index < -0.39 is 0 Å². The Morgan fingerprint density at radius 2 is 1.58 bits per heavy atom. The molecule has 2 amide bonds. The van der Waals surface area contributed by atoms with E-state index in [1.165, 1.54) is 12.1 Å². The summed E-state index contributed by atoms with van der Waals surface area (Å²) < 4.78 is 24.0. The van der Waals surface area contributed by atoms with Crippen molar-refractivity contribution in [3.8, 4) is 11.5 Å². The van der Waals surface area contributed by atoms with Gasteiger partial charge in [-0.3, -0.25) is 9.59 Å². The molecule has 0 aliphatic carbocycles. The van der Waals surface area contributed by atoms with Gasteiger partial charge in [0, 0.05) is 17.8 Å². The number of fused-ring (bicyclic) bond motifs is 1. The summed E-state index contributed by atoms with van der Waals surface area (Å²) in [5.74, 6) is 0.473. The van der Waals surface area contributed by atoms with Crippen LogP contribution in [0.2, 0.25) is 0 Å². The Bertz CT molecular complexity index is 1450. The minimum atomic E-state index is -0.317. The summed E-state index contributed by atoms with van der Waals surface area (Å²) in [6.07, 6.45) is 0.144. The van der Waals surface area contributed by atoms with Crippen LogP contribution in [0.15, 0.2) is 91.0 Å². The molecule has 5 rings (SSSR count). The SMILES string of the molecule is Cc1ccc(CN(C(=O)c2ccc3c(c2)OCO3)c2cccc(CC(=O)NCc3ccc(F)cc3)c2)cc1. The molecule has 0 aromatic heterocycles. The van der Waals surface area contributed by atoms with Crippen molar-refractivity contribution in [2.24, 2.45) is 0 Å². The predicted molar refractivity (Wildman–Crippen MR) is 143 cm³/mol. The number of carbonyl (C=O) groups excluding carboxylic acids is 2. The van der Waals surface area contributed by atoms with Crippen LogP contribution in [0.1, 0.15) is 32.6 Å². The molecule has 192 valence electrons. The van der Waals surface area contributed by atoms with Crippen LogP contribution >= 0.6 is 0 Å². The van der Waals surface area contributed by atoms with E-state index in [-0.39, 0.29) is 30.8 Å². The van der Waals surface area contributed by atoms with Crippen LogP contribution in [0.3, 0.4) is 0 Å². The van der Waals surface area contributed by atoms with Gasteiger partial charge in [0.1, 0.15) is 5.82 Å². The number of carbonyl (C=O) groups is 2. The summed E-state index contributed by atoms with van der Waals surface area (Å²) in [5.41, 5.74) is 4.85. The fourth-order valence-electron chi connectivity index (χ4n) is 4.23. The van der Waals surface area contributed by atoms with Crippen molar-refractivity contribution in [1.29, 1.82) is 0 Å². The number of rotatable bonds is 8. The van der Waals surface area contributed by atoms with Crippen LogP contribution < -0.4 is 19.7 Å². The summed E-state index contributed by atoms with van der Waals surface area (Å²) >= 11 is 0. The fraction of sp³-hybridized carbons (Fsp3) is 0.161. The van der Waals surface area contributed by atoms with E-state index in [9.17, 15) is 14.0 Å². The smallest absolute Gasteiger partial charge is 0.258 e. The van der Waals surface area contributed by atoms with Gasteiger partial charge in [0.15, 0.2) is 11.5 Å². The molecule has 4 aromatic carbocycles. The van der Waals surface area contributed by atoms with Gasteiger partial charge < -0.3 is 19.7 Å². The minimum Gasteiger partial charge on any atom is -0.454 e. The Balaban J connectivity index is 1.36. The van der Waals surface area contributed by atoms with Crippen LogP contribution in [0.4, 0.5) is 10.1 Å². The zero-order valence-electron chi connectivity index (χ0n) is 20.9. The normalized spacial score (nSPS) is 11.7. The molecular formula is C31H27FN2O4. The number of nitrogens with one attached hydrogen (secondary N) is 1. The van der Waals surface area contributed by atoms with E-state index in [0.29, 0.717) is 35.8 Å². The minimum absolute atomic E-state index is 0.130. The molecule has 0 saturated heterocycles. The summed E-state index contributed by atoms with van der Waals surface area (Å²) in [6.45, 7) is 2.81. The van der Waals surface area contributed by atoms with Gasteiger partial charge in [-0.05, 0) is 66.1 Å². The molecule has 0 radical (unpaired) electrons. The van der Waals surface area contributed by atoms with Crippen molar-refractivity contribution < 1.29 is 23.5 Å². The van der Waals surface area contributed by atoms with Gasteiger partial charge >= 0.3 is 0 Å². The second kappa shape index (κ2) is 11.2.